The first-order valence-electron chi connectivity index (χ1n) is 10.9. The molecule has 0 unspecified atom stereocenters. The van der Waals surface area contributed by atoms with Gasteiger partial charge in [0.15, 0.2) is 5.82 Å². The summed E-state index contributed by atoms with van der Waals surface area (Å²) in [6.07, 6.45) is 5.96. The van der Waals surface area contributed by atoms with Crippen LogP contribution in [0.15, 0.2) is 72.4 Å². The number of hydrogen-bond donors (Lipinski definition) is 2. The van der Waals surface area contributed by atoms with Crippen molar-refractivity contribution in [2.45, 2.75) is 6.92 Å². The highest BCUT2D eigenvalue weighted by atomic mass is 35.5. The van der Waals surface area contributed by atoms with Crippen LogP contribution in [0.4, 0.5) is 16.0 Å². The molecule has 0 aliphatic rings. The molecule has 37 heavy (non-hydrogen) atoms. The van der Waals surface area contributed by atoms with Crippen LogP contribution in [0.5, 0.6) is 0 Å². The minimum Gasteiger partial charge on any atom is -0.478 e. The van der Waals surface area contributed by atoms with Crippen LogP contribution >= 0.6 is 22.9 Å². The fourth-order valence-corrected chi connectivity index (χ4v) is 4.40. The van der Waals surface area contributed by atoms with Gasteiger partial charge in [0.05, 0.1) is 5.02 Å². The Morgan fingerprint density at radius 3 is 2.81 bits per heavy atom. The predicted octanol–water partition coefficient (Wildman–Crippen LogP) is 6.40. The van der Waals surface area contributed by atoms with Gasteiger partial charge in [0.1, 0.15) is 16.5 Å². The number of hydrogen-bond acceptors (Lipinski definition) is 7. The Labute approximate surface area is 219 Å². The zero-order valence-corrected chi connectivity index (χ0v) is 20.8. The van der Waals surface area contributed by atoms with Crippen LogP contribution in [-0.4, -0.2) is 35.8 Å². The summed E-state index contributed by atoms with van der Waals surface area (Å²) < 4.78 is 15.3. The maximum Gasteiger partial charge on any atom is 0.328 e. The van der Waals surface area contributed by atoms with Gasteiger partial charge in [-0.15, -0.1) is 11.3 Å². The van der Waals surface area contributed by atoms with Crippen molar-refractivity contribution in [1.29, 1.82) is 0 Å². The number of rotatable bonds is 7. The van der Waals surface area contributed by atoms with Crippen molar-refractivity contribution in [2.75, 3.05) is 5.32 Å². The van der Waals surface area contributed by atoms with E-state index in [9.17, 15) is 9.18 Å². The van der Waals surface area contributed by atoms with E-state index in [1.54, 1.807) is 23.1 Å². The third-order valence-corrected chi connectivity index (χ3v) is 6.39. The van der Waals surface area contributed by atoms with Gasteiger partial charge in [-0.2, -0.15) is 10.1 Å². The number of carboxylic acids is 1. The fraction of sp³-hybridized carbons (Fsp3) is 0.0385. The molecule has 2 N–H and O–H groups in total. The zero-order chi connectivity index (χ0) is 25.9. The van der Waals surface area contributed by atoms with Gasteiger partial charge in [0.2, 0.25) is 5.95 Å². The third kappa shape index (κ3) is 5.40. The van der Waals surface area contributed by atoms with Crippen molar-refractivity contribution in [3.63, 3.8) is 0 Å². The number of aromatic nitrogens is 5. The summed E-state index contributed by atoms with van der Waals surface area (Å²) in [6, 6.07) is 13.5. The second-order valence-electron chi connectivity index (χ2n) is 7.90. The molecule has 0 atom stereocenters. The summed E-state index contributed by atoms with van der Waals surface area (Å²) in [5, 5.41) is 19.4. The lowest BCUT2D eigenvalue weighted by Gasteiger charge is -2.13. The van der Waals surface area contributed by atoms with E-state index in [1.807, 2.05) is 36.6 Å². The normalized spacial score (nSPS) is 11.2. The fourth-order valence-electron chi connectivity index (χ4n) is 3.62. The number of anilines is 2. The Morgan fingerprint density at radius 2 is 2.05 bits per heavy atom. The molecule has 0 bridgehead atoms. The van der Waals surface area contributed by atoms with E-state index < -0.39 is 11.8 Å². The Bertz CT molecular complexity index is 1630. The van der Waals surface area contributed by atoms with E-state index >= 15 is 0 Å². The van der Waals surface area contributed by atoms with E-state index in [2.05, 4.69) is 15.3 Å². The first-order chi connectivity index (χ1) is 17.9. The van der Waals surface area contributed by atoms with Crippen molar-refractivity contribution in [2.24, 2.45) is 0 Å². The van der Waals surface area contributed by atoms with Gasteiger partial charge in [0.25, 0.3) is 0 Å². The highest BCUT2D eigenvalue weighted by Crippen LogP contribution is 2.30. The van der Waals surface area contributed by atoms with Gasteiger partial charge in [-0.25, -0.2) is 23.8 Å². The summed E-state index contributed by atoms with van der Waals surface area (Å²) in [4.78, 5) is 24.5. The number of aliphatic carboxylic acids is 1. The van der Waals surface area contributed by atoms with E-state index in [0.29, 0.717) is 28.3 Å². The first-order valence-corrected chi connectivity index (χ1v) is 12.2. The molecule has 0 fully saturated rings. The second kappa shape index (κ2) is 10.3. The molecule has 2 aromatic carbocycles. The number of nitrogens with one attached hydrogen (secondary N) is 1. The molecule has 8 nitrogen and oxygen atoms in total. The maximum absolute atomic E-state index is 13.6. The minimum atomic E-state index is -1.03. The molecule has 184 valence electrons. The van der Waals surface area contributed by atoms with Crippen molar-refractivity contribution in [1.82, 2.24) is 24.7 Å². The molecular weight excluding hydrogens is 515 g/mol. The Balaban J connectivity index is 1.62. The summed E-state index contributed by atoms with van der Waals surface area (Å²) >= 11 is 7.41. The molecule has 0 spiro atoms. The number of carboxylic acid groups (broad SMARTS) is 1. The molecule has 5 rings (SSSR count). The van der Waals surface area contributed by atoms with Crippen LogP contribution in [0, 0.1) is 12.7 Å². The van der Waals surface area contributed by atoms with Gasteiger partial charge < -0.3 is 10.4 Å². The van der Waals surface area contributed by atoms with Gasteiger partial charge in [-0.1, -0.05) is 29.8 Å². The summed E-state index contributed by atoms with van der Waals surface area (Å²) in [5.74, 6) is -0.810. The van der Waals surface area contributed by atoms with Gasteiger partial charge >= 0.3 is 5.97 Å². The largest absolute Gasteiger partial charge is 0.478 e. The quantitative estimate of drug-likeness (QED) is 0.234. The number of thiazole rings is 1. The molecule has 0 aliphatic heterocycles. The zero-order valence-electron chi connectivity index (χ0n) is 19.3. The molecular formula is C26H18ClFN6O2S. The average Bonchev–Trinajstić information content (AvgIpc) is 3.55. The first kappa shape index (κ1) is 24.3. The van der Waals surface area contributed by atoms with Crippen molar-refractivity contribution in [3.8, 4) is 27.6 Å². The molecule has 0 saturated heterocycles. The molecule has 0 radical (unpaired) electrons. The monoisotopic (exact) mass is 532 g/mol. The van der Waals surface area contributed by atoms with Crippen LogP contribution in [-0.2, 0) is 4.79 Å². The summed E-state index contributed by atoms with van der Waals surface area (Å²) in [6.45, 7) is 1.91. The lowest BCUT2D eigenvalue weighted by atomic mass is 10.0. The van der Waals surface area contributed by atoms with Crippen LogP contribution in [0.1, 0.15) is 11.3 Å². The molecule has 3 aromatic heterocycles. The van der Waals surface area contributed by atoms with Crippen LogP contribution in [0.3, 0.4) is 0 Å². The maximum atomic E-state index is 13.6. The van der Waals surface area contributed by atoms with E-state index in [-0.39, 0.29) is 11.0 Å². The van der Waals surface area contributed by atoms with Gasteiger partial charge in [-0.3, -0.25) is 0 Å². The van der Waals surface area contributed by atoms with E-state index in [4.69, 9.17) is 26.8 Å². The van der Waals surface area contributed by atoms with Gasteiger partial charge in [0, 0.05) is 40.8 Å². The van der Waals surface area contributed by atoms with E-state index in [1.165, 1.54) is 35.6 Å². The van der Waals surface area contributed by atoms with Crippen LogP contribution in [0.2, 0.25) is 5.02 Å². The van der Waals surface area contributed by atoms with Gasteiger partial charge in [-0.05, 0) is 54.5 Å². The Morgan fingerprint density at radius 1 is 1.19 bits per heavy atom. The van der Waals surface area contributed by atoms with Crippen molar-refractivity contribution >= 4 is 46.6 Å². The second-order valence-corrected chi connectivity index (χ2v) is 9.20. The number of nitrogens with zero attached hydrogens (tertiary/aromatic N) is 5. The summed E-state index contributed by atoms with van der Waals surface area (Å²) in [7, 11) is 0. The number of carbonyl (C=O) groups is 1. The van der Waals surface area contributed by atoms with E-state index in [0.717, 1.165) is 22.3 Å². The number of benzene rings is 2. The smallest absolute Gasteiger partial charge is 0.328 e. The third-order valence-electron chi connectivity index (χ3n) is 5.30. The van der Waals surface area contributed by atoms with Crippen molar-refractivity contribution in [3.05, 3.63) is 94.5 Å². The lowest BCUT2D eigenvalue weighted by Crippen LogP contribution is -2.08. The lowest BCUT2D eigenvalue weighted by molar-refractivity contribution is -0.131. The van der Waals surface area contributed by atoms with Crippen LogP contribution in [0.25, 0.3) is 33.7 Å². The summed E-state index contributed by atoms with van der Waals surface area (Å²) in [5.41, 5.74) is 4.19. The number of aryl methyl sites for hydroxylation is 1. The highest BCUT2D eigenvalue weighted by molar-refractivity contribution is 7.13. The minimum absolute atomic E-state index is 0.0240. The molecule has 5 aromatic rings. The Kier molecular flexibility index (Phi) is 6.76. The van der Waals surface area contributed by atoms with Crippen LogP contribution < -0.4 is 5.32 Å². The topological polar surface area (TPSA) is 106 Å². The molecule has 0 saturated carbocycles. The molecule has 3 heterocycles. The molecule has 0 aliphatic carbocycles. The standard InChI is InChI=1S/C26H18ClFN6O2S/c1-15-11-22(25-29-9-10-37-25)33-34(15)24-19(17-4-2-3-16(12-17)5-8-23(35)36)14-30-26(32-24)31-18-6-7-21(28)20(27)13-18/h2-14H,1H3,(H,35,36)(H,30,31,32)/b8-5+. The molecule has 0 amide bonds. The highest BCUT2D eigenvalue weighted by Gasteiger charge is 2.17. The average molecular weight is 533 g/mol. The van der Waals surface area contributed by atoms with Crippen molar-refractivity contribution < 1.29 is 14.3 Å². The SMILES string of the molecule is Cc1cc(-c2nccs2)nn1-c1nc(Nc2ccc(F)c(Cl)c2)ncc1-c1cccc(/C=C/C(=O)O)c1. The molecule has 11 heteroatoms. The predicted molar refractivity (Wildman–Crippen MR) is 142 cm³/mol. The Hall–Kier alpha value is -4.41. The number of halogens is 2.